The van der Waals surface area contributed by atoms with Crippen molar-refractivity contribution < 1.29 is 8.42 Å². The topological polar surface area (TPSA) is 86.9 Å². The Hall–Kier alpha value is -1.70. The van der Waals surface area contributed by atoms with Gasteiger partial charge in [0.05, 0.1) is 4.90 Å². The number of rotatable bonds is 8. The summed E-state index contributed by atoms with van der Waals surface area (Å²) in [5.74, 6) is 0.763. The number of H-pyrrole nitrogens is 1. The van der Waals surface area contributed by atoms with Gasteiger partial charge in [-0.1, -0.05) is 19.1 Å². The predicted molar refractivity (Wildman–Crippen MR) is 81.3 cm³/mol. The molecule has 0 unspecified atom stereocenters. The summed E-state index contributed by atoms with van der Waals surface area (Å²) < 4.78 is 26.8. The van der Waals surface area contributed by atoms with Gasteiger partial charge in [-0.15, -0.1) is 0 Å². The van der Waals surface area contributed by atoms with Crippen LogP contribution in [0.2, 0.25) is 0 Å². The summed E-state index contributed by atoms with van der Waals surface area (Å²) in [6, 6.07) is 6.90. The zero-order valence-electron chi connectivity index (χ0n) is 12.0. The highest BCUT2D eigenvalue weighted by Crippen LogP contribution is 2.10. The maximum Gasteiger partial charge on any atom is 0.240 e. The van der Waals surface area contributed by atoms with Gasteiger partial charge in [-0.25, -0.2) is 18.1 Å². The van der Waals surface area contributed by atoms with Crippen LogP contribution >= 0.6 is 0 Å². The Morgan fingerprint density at radius 1 is 1.24 bits per heavy atom. The first kappa shape index (κ1) is 15.7. The summed E-state index contributed by atoms with van der Waals surface area (Å²) in [4.78, 5) is 7.27. The molecule has 1 aromatic heterocycles. The molecule has 0 spiro atoms. The number of sulfonamides is 1. The van der Waals surface area contributed by atoms with E-state index in [1.807, 2.05) is 19.1 Å². The van der Waals surface area contributed by atoms with E-state index in [0.29, 0.717) is 13.0 Å². The lowest BCUT2D eigenvalue weighted by molar-refractivity contribution is 0.581. The third-order valence-corrected chi connectivity index (χ3v) is 4.50. The van der Waals surface area contributed by atoms with Crippen molar-refractivity contribution >= 4 is 10.0 Å². The summed E-state index contributed by atoms with van der Waals surface area (Å²) in [5.41, 5.74) is 1.06. The molecule has 0 saturated carbocycles. The van der Waals surface area contributed by atoms with Crippen LogP contribution in [0.5, 0.6) is 0 Å². The minimum absolute atomic E-state index is 0.280. The van der Waals surface area contributed by atoms with E-state index in [-0.39, 0.29) is 4.90 Å². The molecule has 0 fully saturated rings. The van der Waals surface area contributed by atoms with Gasteiger partial charge in [0.2, 0.25) is 10.0 Å². The van der Waals surface area contributed by atoms with Crippen LogP contribution in [0.1, 0.15) is 18.3 Å². The average molecular weight is 308 g/mol. The number of hydrogen-bond donors (Lipinski definition) is 3. The highest BCUT2D eigenvalue weighted by Gasteiger charge is 2.13. The Bertz CT molecular complexity index is 636. The van der Waals surface area contributed by atoms with Crippen molar-refractivity contribution in [3.05, 3.63) is 48.0 Å². The lowest BCUT2D eigenvalue weighted by Gasteiger charge is -2.07. The van der Waals surface area contributed by atoms with E-state index in [9.17, 15) is 8.42 Å². The number of benzene rings is 1. The molecule has 21 heavy (non-hydrogen) atoms. The minimum atomic E-state index is -3.46. The maximum absolute atomic E-state index is 12.1. The number of nitrogens with zero attached hydrogens (tertiary/aromatic N) is 1. The fourth-order valence-electron chi connectivity index (χ4n) is 1.88. The Labute approximate surface area is 125 Å². The van der Waals surface area contributed by atoms with Crippen LogP contribution in [-0.2, 0) is 23.0 Å². The molecule has 0 amide bonds. The van der Waals surface area contributed by atoms with Gasteiger partial charge in [-0.2, -0.15) is 0 Å². The van der Waals surface area contributed by atoms with Crippen molar-refractivity contribution in [2.24, 2.45) is 0 Å². The molecular formula is C14H20N4O2S. The van der Waals surface area contributed by atoms with Crippen molar-refractivity contribution in [3.8, 4) is 0 Å². The van der Waals surface area contributed by atoms with E-state index in [0.717, 1.165) is 24.5 Å². The zero-order chi connectivity index (χ0) is 15.1. The van der Waals surface area contributed by atoms with Crippen LogP contribution < -0.4 is 10.0 Å². The van der Waals surface area contributed by atoms with Crippen molar-refractivity contribution in [1.82, 2.24) is 20.0 Å². The summed E-state index contributed by atoms with van der Waals surface area (Å²) in [6.07, 6.45) is 3.89. The average Bonchev–Trinajstić information content (AvgIpc) is 2.98. The van der Waals surface area contributed by atoms with Crippen molar-refractivity contribution in [2.75, 3.05) is 13.1 Å². The molecule has 0 radical (unpaired) electrons. The van der Waals surface area contributed by atoms with Gasteiger partial charge >= 0.3 is 0 Å². The highest BCUT2D eigenvalue weighted by molar-refractivity contribution is 7.89. The molecule has 0 aliphatic carbocycles. The largest absolute Gasteiger partial charge is 0.349 e. The Kier molecular flexibility index (Phi) is 5.49. The predicted octanol–water partition coefficient (Wildman–Crippen LogP) is 1.04. The number of hydrogen-bond acceptors (Lipinski definition) is 4. The van der Waals surface area contributed by atoms with Crippen LogP contribution in [0, 0.1) is 0 Å². The molecule has 2 aromatic rings. The van der Waals surface area contributed by atoms with Gasteiger partial charge in [-0.05, 0) is 24.2 Å². The van der Waals surface area contributed by atoms with Crippen LogP contribution in [0.15, 0.2) is 41.6 Å². The SMILES string of the molecule is CCNCc1ccc(S(=O)(=O)NCCc2ncc[nH]2)cc1. The number of imidazole rings is 1. The first-order valence-corrected chi connectivity index (χ1v) is 8.37. The van der Waals surface area contributed by atoms with Crippen LogP contribution in [-0.4, -0.2) is 31.5 Å². The van der Waals surface area contributed by atoms with E-state index in [2.05, 4.69) is 20.0 Å². The minimum Gasteiger partial charge on any atom is -0.349 e. The monoisotopic (exact) mass is 308 g/mol. The summed E-state index contributed by atoms with van der Waals surface area (Å²) in [7, 11) is -3.46. The molecule has 6 nitrogen and oxygen atoms in total. The Morgan fingerprint density at radius 2 is 2.00 bits per heavy atom. The molecule has 0 bridgehead atoms. The normalized spacial score (nSPS) is 11.7. The summed E-state index contributed by atoms with van der Waals surface area (Å²) in [5, 5.41) is 3.20. The molecule has 7 heteroatoms. The van der Waals surface area contributed by atoms with E-state index in [1.165, 1.54) is 0 Å². The number of aromatic amines is 1. The number of aromatic nitrogens is 2. The third kappa shape index (κ3) is 4.66. The van der Waals surface area contributed by atoms with Gasteiger partial charge in [0, 0.05) is 31.9 Å². The molecule has 114 valence electrons. The second-order valence-corrected chi connectivity index (χ2v) is 6.37. The second-order valence-electron chi connectivity index (χ2n) is 4.61. The zero-order valence-corrected chi connectivity index (χ0v) is 12.8. The van der Waals surface area contributed by atoms with E-state index < -0.39 is 10.0 Å². The molecule has 1 aromatic carbocycles. The maximum atomic E-state index is 12.1. The smallest absolute Gasteiger partial charge is 0.240 e. The Balaban J connectivity index is 1.92. The van der Waals surface area contributed by atoms with Crippen LogP contribution in [0.25, 0.3) is 0 Å². The quantitative estimate of drug-likeness (QED) is 0.680. The first-order valence-electron chi connectivity index (χ1n) is 6.89. The molecule has 0 atom stereocenters. The Morgan fingerprint density at radius 3 is 2.62 bits per heavy atom. The van der Waals surface area contributed by atoms with Crippen LogP contribution in [0.4, 0.5) is 0 Å². The van der Waals surface area contributed by atoms with Crippen molar-refractivity contribution in [3.63, 3.8) is 0 Å². The molecule has 2 rings (SSSR count). The summed E-state index contributed by atoms with van der Waals surface area (Å²) in [6.45, 7) is 3.97. The number of nitrogens with one attached hydrogen (secondary N) is 3. The standard InChI is InChI=1S/C14H20N4O2S/c1-2-15-11-12-3-5-13(6-4-12)21(19,20)18-8-7-14-16-9-10-17-14/h3-6,9-10,15,18H,2,7-8,11H2,1H3,(H,16,17). The van der Waals surface area contributed by atoms with Gasteiger partial charge in [0.15, 0.2) is 0 Å². The second kappa shape index (κ2) is 7.35. The molecule has 0 aliphatic rings. The van der Waals surface area contributed by atoms with Crippen molar-refractivity contribution in [2.45, 2.75) is 24.8 Å². The first-order chi connectivity index (χ1) is 10.1. The lowest BCUT2D eigenvalue weighted by Crippen LogP contribution is -2.26. The highest BCUT2D eigenvalue weighted by atomic mass is 32.2. The lowest BCUT2D eigenvalue weighted by atomic mass is 10.2. The van der Waals surface area contributed by atoms with E-state index in [1.54, 1.807) is 24.5 Å². The van der Waals surface area contributed by atoms with E-state index in [4.69, 9.17) is 0 Å². The molecule has 1 heterocycles. The summed E-state index contributed by atoms with van der Waals surface area (Å²) >= 11 is 0. The fourth-order valence-corrected chi connectivity index (χ4v) is 2.91. The molecule has 3 N–H and O–H groups in total. The van der Waals surface area contributed by atoms with Gasteiger partial charge < -0.3 is 10.3 Å². The van der Waals surface area contributed by atoms with Gasteiger partial charge in [0.25, 0.3) is 0 Å². The van der Waals surface area contributed by atoms with Gasteiger partial charge in [0.1, 0.15) is 5.82 Å². The van der Waals surface area contributed by atoms with Crippen molar-refractivity contribution in [1.29, 1.82) is 0 Å². The van der Waals surface area contributed by atoms with E-state index >= 15 is 0 Å². The fraction of sp³-hybridized carbons (Fsp3) is 0.357. The molecular weight excluding hydrogens is 288 g/mol. The molecule has 0 aliphatic heterocycles. The molecule has 0 saturated heterocycles. The third-order valence-electron chi connectivity index (χ3n) is 3.02. The van der Waals surface area contributed by atoms with Crippen LogP contribution in [0.3, 0.4) is 0 Å². The van der Waals surface area contributed by atoms with Gasteiger partial charge in [-0.3, -0.25) is 0 Å².